The van der Waals surface area contributed by atoms with Gasteiger partial charge in [-0.3, -0.25) is 14.4 Å². The predicted molar refractivity (Wildman–Crippen MR) is 116 cm³/mol. The molecule has 3 rings (SSSR count). The van der Waals surface area contributed by atoms with Gasteiger partial charge in [0, 0.05) is 17.5 Å². The van der Waals surface area contributed by atoms with E-state index in [1.165, 1.54) is 27.6 Å². The molecule has 0 aromatic carbocycles. The maximum Gasteiger partial charge on any atom is 0.261 e. The molecule has 1 aliphatic rings. The monoisotopic (exact) mass is 431 g/mol. The second-order valence-corrected chi connectivity index (χ2v) is 8.83. The summed E-state index contributed by atoms with van der Waals surface area (Å²) < 4.78 is 0. The van der Waals surface area contributed by atoms with Crippen molar-refractivity contribution in [3.63, 3.8) is 0 Å². The molecule has 0 radical (unpaired) electrons. The van der Waals surface area contributed by atoms with Crippen molar-refractivity contribution in [2.45, 2.75) is 37.8 Å². The van der Waals surface area contributed by atoms with Gasteiger partial charge in [-0.15, -0.1) is 29.3 Å². The molecule has 1 atom stereocenters. The molecule has 0 bridgehead atoms. The highest BCUT2D eigenvalue weighted by Gasteiger charge is 2.33. The molecule has 0 unspecified atom stereocenters. The average Bonchev–Trinajstić information content (AvgIpc) is 3.48. The van der Waals surface area contributed by atoms with Crippen LogP contribution in [0.3, 0.4) is 0 Å². The van der Waals surface area contributed by atoms with Gasteiger partial charge in [0.1, 0.15) is 6.04 Å². The lowest BCUT2D eigenvalue weighted by atomic mass is 10.1. The van der Waals surface area contributed by atoms with Crippen LogP contribution in [0.2, 0.25) is 0 Å². The van der Waals surface area contributed by atoms with E-state index in [9.17, 15) is 14.4 Å². The fraction of sp³-hybridized carbons (Fsp3) is 0.381. The van der Waals surface area contributed by atoms with Gasteiger partial charge in [-0.25, -0.2) is 0 Å². The molecular weight excluding hydrogens is 406 g/mol. The molecule has 1 aliphatic carbocycles. The van der Waals surface area contributed by atoms with Crippen LogP contribution < -0.4 is 10.6 Å². The van der Waals surface area contributed by atoms with Gasteiger partial charge in [0.05, 0.1) is 11.4 Å². The Kier molecular flexibility index (Phi) is 7.60. The zero-order valence-electron chi connectivity index (χ0n) is 16.1. The van der Waals surface area contributed by atoms with E-state index in [4.69, 9.17) is 0 Å². The molecule has 2 heterocycles. The van der Waals surface area contributed by atoms with Crippen molar-refractivity contribution in [2.75, 3.05) is 13.1 Å². The van der Waals surface area contributed by atoms with Crippen LogP contribution in [0.1, 0.15) is 46.3 Å². The lowest BCUT2D eigenvalue weighted by Gasteiger charge is -2.30. The molecule has 8 heteroatoms. The molecule has 2 N–H and O–H groups in total. The van der Waals surface area contributed by atoms with Crippen molar-refractivity contribution in [3.05, 3.63) is 57.4 Å². The van der Waals surface area contributed by atoms with E-state index in [-0.39, 0.29) is 36.9 Å². The molecule has 0 aliphatic heterocycles. The van der Waals surface area contributed by atoms with Crippen LogP contribution >= 0.6 is 22.7 Å². The number of nitrogens with zero attached hydrogens (tertiary/aromatic N) is 1. The normalized spacial score (nSPS) is 14.9. The Balaban J connectivity index is 1.73. The first kappa shape index (κ1) is 21.3. The quantitative estimate of drug-likeness (QED) is 0.598. The first-order valence-corrected chi connectivity index (χ1v) is 11.4. The summed E-state index contributed by atoms with van der Waals surface area (Å²) in [6.45, 7) is 3.78. The fourth-order valence-corrected chi connectivity index (χ4v) is 4.94. The van der Waals surface area contributed by atoms with Crippen molar-refractivity contribution in [2.24, 2.45) is 0 Å². The van der Waals surface area contributed by atoms with Crippen LogP contribution in [-0.2, 0) is 9.59 Å². The third-order valence-electron chi connectivity index (χ3n) is 4.87. The van der Waals surface area contributed by atoms with E-state index in [0.717, 1.165) is 30.6 Å². The smallest absolute Gasteiger partial charge is 0.261 e. The summed E-state index contributed by atoms with van der Waals surface area (Å²) in [6, 6.07) is 6.63. The van der Waals surface area contributed by atoms with Gasteiger partial charge in [-0.1, -0.05) is 31.1 Å². The average molecular weight is 432 g/mol. The van der Waals surface area contributed by atoms with Gasteiger partial charge in [-0.2, -0.15) is 0 Å². The highest BCUT2D eigenvalue weighted by Crippen LogP contribution is 2.27. The molecule has 1 fully saturated rings. The minimum Gasteiger partial charge on any atom is -0.351 e. The molecule has 154 valence electrons. The second kappa shape index (κ2) is 10.4. The Morgan fingerprint density at radius 1 is 1.17 bits per heavy atom. The molecule has 6 nitrogen and oxygen atoms in total. The largest absolute Gasteiger partial charge is 0.351 e. The first-order chi connectivity index (χ1) is 14.1. The highest BCUT2D eigenvalue weighted by molar-refractivity contribution is 7.12. The van der Waals surface area contributed by atoms with Crippen LogP contribution in [0.15, 0.2) is 47.7 Å². The van der Waals surface area contributed by atoms with E-state index in [0.29, 0.717) is 4.88 Å². The maximum atomic E-state index is 13.1. The number of hydrogen-bond donors (Lipinski definition) is 2. The van der Waals surface area contributed by atoms with E-state index < -0.39 is 6.04 Å². The third-order valence-corrected chi connectivity index (χ3v) is 6.66. The SMILES string of the molecule is C=CCN(C(=O)CNC(=O)c1cccs1)[C@H](C(=O)NC1CCCC1)c1cccs1. The van der Waals surface area contributed by atoms with E-state index in [1.54, 1.807) is 23.6 Å². The molecule has 2 aromatic heterocycles. The summed E-state index contributed by atoms with van der Waals surface area (Å²) in [5, 5.41) is 9.45. The van der Waals surface area contributed by atoms with Gasteiger partial charge < -0.3 is 15.5 Å². The lowest BCUT2D eigenvalue weighted by Crippen LogP contribution is -2.48. The maximum absolute atomic E-state index is 13.1. The van der Waals surface area contributed by atoms with Crippen LogP contribution in [0, 0.1) is 0 Å². The predicted octanol–water partition coefficient (Wildman–Crippen LogP) is 3.35. The Bertz CT molecular complexity index is 827. The summed E-state index contributed by atoms with van der Waals surface area (Å²) >= 11 is 2.75. The van der Waals surface area contributed by atoms with Crippen molar-refractivity contribution in [1.82, 2.24) is 15.5 Å². The summed E-state index contributed by atoms with van der Waals surface area (Å²) in [5.74, 6) is -0.802. The second-order valence-electron chi connectivity index (χ2n) is 6.90. The van der Waals surface area contributed by atoms with E-state index >= 15 is 0 Å². The minimum atomic E-state index is -0.736. The number of rotatable bonds is 9. The summed E-state index contributed by atoms with van der Waals surface area (Å²) in [6.07, 6.45) is 5.75. The molecular formula is C21H25N3O3S2. The molecule has 3 amide bonds. The topological polar surface area (TPSA) is 78.5 Å². The molecule has 0 saturated heterocycles. The minimum absolute atomic E-state index is 0.157. The lowest BCUT2D eigenvalue weighted by molar-refractivity contribution is -0.139. The Labute approximate surface area is 178 Å². The number of carbonyl (C=O) groups is 3. The van der Waals surface area contributed by atoms with Crippen LogP contribution in [0.25, 0.3) is 0 Å². The van der Waals surface area contributed by atoms with Crippen molar-refractivity contribution in [3.8, 4) is 0 Å². The van der Waals surface area contributed by atoms with Gasteiger partial charge in [0.2, 0.25) is 11.8 Å². The number of amides is 3. The Hall–Kier alpha value is -2.45. The van der Waals surface area contributed by atoms with E-state index in [1.807, 2.05) is 17.5 Å². The van der Waals surface area contributed by atoms with Gasteiger partial charge >= 0.3 is 0 Å². The zero-order valence-corrected chi connectivity index (χ0v) is 17.8. The van der Waals surface area contributed by atoms with Crippen LogP contribution in [0.4, 0.5) is 0 Å². The summed E-state index contributed by atoms with van der Waals surface area (Å²) in [4.78, 5) is 41.1. The molecule has 2 aromatic rings. The number of thiophene rings is 2. The van der Waals surface area contributed by atoms with Crippen molar-refractivity contribution in [1.29, 1.82) is 0 Å². The molecule has 29 heavy (non-hydrogen) atoms. The van der Waals surface area contributed by atoms with Gasteiger partial charge in [0.15, 0.2) is 0 Å². The van der Waals surface area contributed by atoms with Crippen molar-refractivity contribution < 1.29 is 14.4 Å². The number of nitrogens with one attached hydrogen (secondary N) is 2. The van der Waals surface area contributed by atoms with E-state index in [2.05, 4.69) is 17.2 Å². The third kappa shape index (κ3) is 5.55. The molecule has 1 saturated carbocycles. The fourth-order valence-electron chi connectivity index (χ4n) is 3.46. The standard InChI is InChI=1S/C21H25N3O3S2/c1-2-11-24(18(25)14-22-20(26)17-10-6-13-29-17)19(16-9-5-12-28-16)21(27)23-15-7-3-4-8-15/h2,5-6,9-10,12-13,15,19H,1,3-4,7-8,11,14H2,(H,22,26)(H,23,27)/t19-/m0/s1. The molecule has 0 spiro atoms. The zero-order chi connectivity index (χ0) is 20.6. The highest BCUT2D eigenvalue weighted by atomic mass is 32.1. The Morgan fingerprint density at radius 3 is 2.52 bits per heavy atom. The first-order valence-electron chi connectivity index (χ1n) is 9.66. The van der Waals surface area contributed by atoms with Gasteiger partial charge in [0.25, 0.3) is 5.91 Å². The van der Waals surface area contributed by atoms with Crippen LogP contribution in [-0.4, -0.2) is 41.8 Å². The summed E-state index contributed by atoms with van der Waals surface area (Å²) in [5.41, 5.74) is 0. The van der Waals surface area contributed by atoms with Crippen LogP contribution in [0.5, 0.6) is 0 Å². The summed E-state index contributed by atoms with van der Waals surface area (Å²) in [7, 11) is 0. The van der Waals surface area contributed by atoms with Gasteiger partial charge in [-0.05, 0) is 35.7 Å². The van der Waals surface area contributed by atoms with Crippen molar-refractivity contribution >= 4 is 40.4 Å². The number of hydrogen-bond acceptors (Lipinski definition) is 5. The number of carbonyl (C=O) groups excluding carboxylic acids is 3. The Morgan fingerprint density at radius 2 is 1.90 bits per heavy atom.